The molecule has 1 aromatic carbocycles. The Kier molecular flexibility index (Phi) is 5.16. The standard InChI is InChI=1S/C20H21ClFN3O2/c21-18-11-23-19(10-17(18)20(26)24-14-6-7-14)25-8-2-4-15(25)12-27-16-5-1-3-13(22)9-16/h1,3,5,9-11,14-15H,2,4,6-8,12H2,(H,24,26). The van der Waals surface area contributed by atoms with Gasteiger partial charge in [0.25, 0.3) is 5.91 Å². The van der Waals surface area contributed by atoms with E-state index in [9.17, 15) is 9.18 Å². The summed E-state index contributed by atoms with van der Waals surface area (Å²) in [6, 6.07) is 8.26. The van der Waals surface area contributed by atoms with E-state index in [0.717, 1.165) is 32.2 Å². The number of rotatable bonds is 6. The van der Waals surface area contributed by atoms with Crippen LogP contribution in [0.2, 0.25) is 5.02 Å². The van der Waals surface area contributed by atoms with E-state index >= 15 is 0 Å². The molecular weight excluding hydrogens is 369 g/mol. The van der Waals surface area contributed by atoms with Crippen LogP contribution in [0.3, 0.4) is 0 Å². The van der Waals surface area contributed by atoms with Gasteiger partial charge < -0.3 is 15.0 Å². The zero-order chi connectivity index (χ0) is 18.8. The molecule has 4 rings (SSSR count). The number of hydrogen-bond acceptors (Lipinski definition) is 4. The number of nitrogens with zero attached hydrogens (tertiary/aromatic N) is 2. The minimum atomic E-state index is -0.318. The molecule has 0 spiro atoms. The molecule has 0 radical (unpaired) electrons. The smallest absolute Gasteiger partial charge is 0.253 e. The van der Waals surface area contributed by atoms with E-state index in [1.165, 1.54) is 18.3 Å². The molecular formula is C20H21ClFN3O2. The van der Waals surface area contributed by atoms with E-state index in [0.29, 0.717) is 28.8 Å². The Morgan fingerprint density at radius 3 is 2.96 bits per heavy atom. The Morgan fingerprint density at radius 2 is 2.19 bits per heavy atom. The predicted molar refractivity (Wildman–Crippen MR) is 102 cm³/mol. The number of carbonyl (C=O) groups excluding carboxylic acids is 1. The topological polar surface area (TPSA) is 54.5 Å². The van der Waals surface area contributed by atoms with Crippen molar-refractivity contribution in [2.45, 2.75) is 37.8 Å². The molecule has 2 aliphatic rings. The number of carbonyl (C=O) groups is 1. The summed E-state index contributed by atoms with van der Waals surface area (Å²) in [5, 5.41) is 3.31. The van der Waals surface area contributed by atoms with Gasteiger partial charge in [0, 0.05) is 24.8 Å². The van der Waals surface area contributed by atoms with Gasteiger partial charge in [0.05, 0.1) is 16.6 Å². The van der Waals surface area contributed by atoms with Crippen LogP contribution >= 0.6 is 11.6 Å². The van der Waals surface area contributed by atoms with Crippen molar-refractivity contribution in [2.24, 2.45) is 0 Å². The normalized spacial score (nSPS) is 19.2. The highest BCUT2D eigenvalue weighted by atomic mass is 35.5. The fourth-order valence-corrected chi connectivity index (χ4v) is 3.50. The Labute approximate surface area is 162 Å². The first-order chi connectivity index (χ1) is 13.1. The fourth-order valence-electron chi connectivity index (χ4n) is 3.31. The van der Waals surface area contributed by atoms with E-state index in [-0.39, 0.29) is 23.8 Å². The van der Waals surface area contributed by atoms with Crippen LogP contribution < -0.4 is 15.0 Å². The lowest BCUT2D eigenvalue weighted by Gasteiger charge is -2.26. The van der Waals surface area contributed by atoms with Crippen molar-refractivity contribution in [3.05, 3.63) is 52.9 Å². The molecule has 1 aromatic heterocycles. The number of amides is 1. The summed E-state index contributed by atoms with van der Waals surface area (Å²) in [6.45, 7) is 1.26. The number of benzene rings is 1. The summed E-state index contributed by atoms with van der Waals surface area (Å²) in [5.74, 6) is 0.750. The van der Waals surface area contributed by atoms with Crippen molar-refractivity contribution >= 4 is 23.3 Å². The fraction of sp³-hybridized carbons (Fsp3) is 0.400. The molecule has 2 fully saturated rings. The van der Waals surface area contributed by atoms with Crippen LogP contribution in [-0.4, -0.2) is 36.1 Å². The number of anilines is 1. The lowest BCUT2D eigenvalue weighted by molar-refractivity contribution is 0.0951. The van der Waals surface area contributed by atoms with E-state index in [1.54, 1.807) is 18.2 Å². The number of nitrogens with one attached hydrogen (secondary N) is 1. The second-order valence-corrected chi connectivity index (χ2v) is 7.44. The lowest BCUT2D eigenvalue weighted by atomic mass is 10.2. The Morgan fingerprint density at radius 1 is 1.33 bits per heavy atom. The first-order valence-electron chi connectivity index (χ1n) is 9.21. The van der Waals surface area contributed by atoms with Crippen molar-refractivity contribution in [1.29, 1.82) is 0 Å². The van der Waals surface area contributed by atoms with Crippen LogP contribution in [0.5, 0.6) is 5.75 Å². The van der Waals surface area contributed by atoms with E-state index in [2.05, 4.69) is 15.2 Å². The molecule has 1 atom stereocenters. The molecule has 142 valence electrons. The summed E-state index contributed by atoms with van der Waals surface area (Å²) in [6.07, 6.45) is 5.52. The van der Waals surface area contributed by atoms with Crippen molar-refractivity contribution in [2.75, 3.05) is 18.1 Å². The van der Waals surface area contributed by atoms with Gasteiger partial charge in [0.15, 0.2) is 0 Å². The van der Waals surface area contributed by atoms with E-state index in [1.807, 2.05) is 0 Å². The summed E-state index contributed by atoms with van der Waals surface area (Å²) in [7, 11) is 0. The highest BCUT2D eigenvalue weighted by Gasteiger charge is 2.29. The van der Waals surface area contributed by atoms with Gasteiger partial charge in [-0.2, -0.15) is 0 Å². The molecule has 5 nitrogen and oxygen atoms in total. The molecule has 1 aliphatic carbocycles. The summed E-state index contributed by atoms with van der Waals surface area (Å²) in [5.41, 5.74) is 0.449. The molecule has 1 N–H and O–H groups in total. The zero-order valence-electron chi connectivity index (χ0n) is 14.8. The van der Waals surface area contributed by atoms with Crippen LogP contribution in [0.15, 0.2) is 36.5 Å². The summed E-state index contributed by atoms with van der Waals surface area (Å²) >= 11 is 6.19. The first-order valence-corrected chi connectivity index (χ1v) is 9.59. The third kappa shape index (κ3) is 4.33. The van der Waals surface area contributed by atoms with Gasteiger partial charge in [-0.3, -0.25) is 4.79 Å². The van der Waals surface area contributed by atoms with Crippen LogP contribution in [0.4, 0.5) is 10.2 Å². The van der Waals surface area contributed by atoms with Gasteiger partial charge in [-0.05, 0) is 43.9 Å². The molecule has 2 heterocycles. The first kappa shape index (κ1) is 18.0. The monoisotopic (exact) mass is 389 g/mol. The zero-order valence-corrected chi connectivity index (χ0v) is 15.6. The van der Waals surface area contributed by atoms with E-state index in [4.69, 9.17) is 16.3 Å². The second kappa shape index (κ2) is 7.72. The van der Waals surface area contributed by atoms with Crippen molar-refractivity contribution in [1.82, 2.24) is 10.3 Å². The highest BCUT2D eigenvalue weighted by molar-refractivity contribution is 6.33. The number of ether oxygens (including phenoxy) is 1. The number of hydrogen-bond donors (Lipinski definition) is 1. The molecule has 1 aliphatic heterocycles. The van der Waals surface area contributed by atoms with Crippen LogP contribution in [-0.2, 0) is 0 Å². The van der Waals surface area contributed by atoms with Gasteiger partial charge in [-0.25, -0.2) is 9.37 Å². The van der Waals surface area contributed by atoms with Crippen molar-refractivity contribution in [3.8, 4) is 5.75 Å². The Balaban J connectivity index is 1.47. The molecule has 0 bridgehead atoms. The molecule has 1 unspecified atom stereocenters. The lowest BCUT2D eigenvalue weighted by Crippen LogP contribution is -2.35. The number of halogens is 2. The van der Waals surface area contributed by atoms with Crippen LogP contribution in [0, 0.1) is 5.82 Å². The van der Waals surface area contributed by atoms with Crippen LogP contribution in [0.1, 0.15) is 36.0 Å². The maximum atomic E-state index is 13.3. The maximum absolute atomic E-state index is 13.3. The second-order valence-electron chi connectivity index (χ2n) is 7.03. The highest BCUT2D eigenvalue weighted by Crippen LogP contribution is 2.28. The van der Waals surface area contributed by atoms with Gasteiger partial charge in [-0.15, -0.1) is 0 Å². The van der Waals surface area contributed by atoms with Crippen LogP contribution in [0.25, 0.3) is 0 Å². The number of aromatic nitrogens is 1. The molecule has 27 heavy (non-hydrogen) atoms. The molecule has 7 heteroatoms. The minimum absolute atomic E-state index is 0.112. The third-order valence-electron chi connectivity index (χ3n) is 4.91. The molecule has 1 saturated heterocycles. The van der Waals surface area contributed by atoms with Gasteiger partial charge in [0.1, 0.15) is 24.0 Å². The average Bonchev–Trinajstić information content (AvgIpc) is 3.34. The van der Waals surface area contributed by atoms with Crippen molar-refractivity contribution < 1.29 is 13.9 Å². The van der Waals surface area contributed by atoms with Gasteiger partial charge in [0.2, 0.25) is 0 Å². The predicted octanol–water partition coefficient (Wildman–Crippen LogP) is 3.81. The molecule has 2 aromatic rings. The minimum Gasteiger partial charge on any atom is -0.491 e. The SMILES string of the molecule is O=C(NC1CC1)c1cc(N2CCCC2COc2cccc(F)c2)ncc1Cl. The van der Waals surface area contributed by atoms with E-state index < -0.39 is 0 Å². The quantitative estimate of drug-likeness (QED) is 0.816. The van der Waals surface area contributed by atoms with Gasteiger partial charge >= 0.3 is 0 Å². The maximum Gasteiger partial charge on any atom is 0.253 e. The average molecular weight is 390 g/mol. The van der Waals surface area contributed by atoms with Gasteiger partial charge in [-0.1, -0.05) is 17.7 Å². The Hall–Kier alpha value is -2.34. The van der Waals surface area contributed by atoms with Crippen molar-refractivity contribution in [3.63, 3.8) is 0 Å². The summed E-state index contributed by atoms with van der Waals surface area (Å²) in [4.78, 5) is 18.9. The largest absolute Gasteiger partial charge is 0.491 e. The summed E-state index contributed by atoms with van der Waals surface area (Å²) < 4.78 is 19.1. The Bertz CT molecular complexity index is 844. The number of pyridine rings is 1. The third-order valence-corrected chi connectivity index (χ3v) is 5.21. The molecule has 1 saturated carbocycles. The molecule has 1 amide bonds.